The van der Waals surface area contributed by atoms with E-state index in [1.54, 1.807) is 22.6 Å². The molecule has 0 spiro atoms. The highest BCUT2D eigenvalue weighted by Gasteiger charge is 2.38. The van der Waals surface area contributed by atoms with Gasteiger partial charge in [0.05, 0.1) is 5.52 Å². The number of aromatic nitrogens is 1. The lowest BCUT2D eigenvalue weighted by molar-refractivity contribution is 0.405. The van der Waals surface area contributed by atoms with Crippen LogP contribution in [0.25, 0.3) is 10.9 Å². The molecule has 5 nitrogen and oxygen atoms in total. The van der Waals surface area contributed by atoms with Crippen LogP contribution in [0.1, 0.15) is 18.9 Å². The molecule has 1 aliphatic rings. The summed E-state index contributed by atoms with van der Waals surface area (Å²) in [6.45, 7) is 4.89. The van der Waals surface area contributed by atoms with Crippen LogP contribution >= 0.6 is 0 Å². The third-order valence-corrected chi connectivity index (χ3v) is 6.35. The maximum atomic E-state index is 13.1. The van der Waals surface area contributed by atoms with Gasteiger partial charge in [-0.05, 0) is 50.4 Å². The van der Waals surface area contributed by atoms with E-state index in [0.717, 1.165) is 17.4 Å². The van der Waals surface area contributed by atoms with Gasteiger partial charge in [-0.25, -0.2) is 8.42 Å². The van der Waals surface area contributed by atoms with Gasteiger partial charge in [0.1, 0.15) is 4.90 Å². The zero-order valence-corrected chi connectivity index (χ0v) is 13.7. The normalized spacial score (nSPS) is 23.2. The quantitative estimate of drug-likeness (QED) is 0.937. The Morgan fingerprint density at radius 3 is 2.86 bits per heavy atom. The van der Waals surface area contributed by atoms with Crippen LogP contribution in [0.4, 0.5) is 0 Å². The van der Waals surface area contributed by atoms with Gasteiger partial charge in [-0.2, -0.15) is 4.31 Å². The number of fused-ring (bicyclic) bond motifs is 1. The second kappa shape index (κ2) is 5.61. The van der Waals surface area contributed by atoms with E-state index in [9.17, 15) is 8.42 Å². The van der Waals surface area contributed by atoms with Crippen molar-refractivity contribution in [1.29, 1.82) is 0 Å². The first-order chi connectivity index (χ1) is 10.4. The highest BCUT2D eigenvalue weighted by Crippen LogP contribution is 2.31. The van der Waals surface area contributed by atoms with Gasteiger partial charge in [0.2, 0.25) is 10.0 Å². The number of hydrogen-bond donors (Lipinski definition) is 1. The minimum atomic E-state index is -3.56. The lowest BCUT2D eigenvalue weighted by Crippen LogP contribution is -2.34. The number of pyridine rings is 1. The molecule has 118 valence electrons. The van der Waals surface area contributed by atoms with Gasteiger partial charge in [0.15, 0.2) is 0 Å². The van der Waals surface area contributed by atoms with E-state index in [1.807, 2.05) is 26.0 Å². The summed E-state index contributed by atoms with van der Waals surface area (Å²) in [4.78, 5) is 4.64. The Bertz CT molecular complexity index is 804. The molecule has 1 fully saturated rings. The fraction of sp³-hybridized carbons (Fsp3) is 0.438. The largest absolute Gasteiger partial charge is 0.330 e. The highest BCUT2D eigenvalue weighted by molar-refractivity contribution is 7.89. The second-order valence-corrected chi connectivity index (χ2v) is 7.96. The highest BCUT2D eigenvalue weighted by atomic mass is 32.2. The molecule has 2 atom stereocenters. The summed E-state index contributed by atoms with van der Waals surface area (Å²) in [7, 11) is -3.56. The average Bonchev–Trinajstić information content (AvgIpc) is 2.88. The van der Waals surface area contributed by atoms with E-state index >= 15 is 0 Å². The summed E-state index contributed by atoms with van der Waals surface area (Å²) in [5.74, 6) is 0.231. The van der Waals surface area contributed by atoms with Crippen molar-refractivity contribution in [2.45, 2.75) is 31.2 Å². The van der Waals surface area contributed by atoms with E-state index in [2.05, 4.69) is 4.98 Å². The number of benzene rings is 1. The van der Waals surface area contributed by atoms with Crippen LogP contribution < -0.4 is 5.73 Å². The second-order valence-electron chi connectivity index (χ2n) is 6.10. The molecule has 0 radical (unpaired) electrons. The molecule has 2 N–H and O–H groups in total. The summed E-state index contributed by atoms with van der Waals surface area (Å²) in [5, 5.41) is 0.850. The van der Waals surface area contributed by atoms with Crippen molar-refractivity contribution in [2.75, 3.05) is 13.1 Å². The minimum absolute atomic E-state index is 0.0285. The molecule has 0 bridgehead atoms. The molecule has 1 aromatic heterocycles. The summed E-state index contributed by atoms with van der Waals surface area (Å²) >= 11 is 0. The molecule has 1 saturated heterocycles. The molecular weight excluding hydrogens is 298 g/mol. The Labute approximate surface area is 131 Å². The van der Waals surface area contributed by atoms with Gasteiger partial charge < -0.3 is 5.73 Å². The standard InChI is InChI=1S/C16H21N3O2S/c1-11-6-14-4-3-5-15(16(14)18-9-11)22(20,21)19-10-13(8-17)7-12(19)2/h3-6,9,12-13H,7-8,10,17H2,1-2H3. The molecule has 2 aromatic rings. The van der Waals surface area contributed by atoms with E-state index in [-0.39, 0.29) is 16.9 Å². The van der Waals surface area contributed by atoms with Crippen molar-refractivity contribution in [3.63, 3.8) is 0 Å². The number of para-hydroxylation sites is 1. The predicted octanol–water partition coefficient (Wildman–Crippen LogP) is 1.90. The number of hydrogen-bond acceptors (Lipinski definition) is 4. The number of nitrogens with zero attached hydrogens (tertiary/aromatic N) is 2. The number of rotatable bonds is 3. The van der Waals surface area contributed by atoms with Crippen LogP contribution in [0, 0.1) is 12.8 Å². The van der Waals surface area contributed by atoms with Gasteiger partial charge in [-0.3, -0.25) is 4.98 Å². The molecule has 22 heavy (non-hydrogen) atoms. The summed E-state index contributed by atoms with van der Waals surface area (Å²) in [6.07, 6.45) is 2.52. The van der Waals surface area contributed by atoms with Gasteiger partial charge in [-0.15, -0.1) is 0 Å². The molecule has 6 heteroatoms. The van der Waals surface area contributed by atoms with Crippen molar-refractivity contribution < 1.29 is 8.42 Å². The SMILES string of the molecule is Cc1cnc2c(S(=O)(=O)N3CC(CN)CC3C)cccc2c1. The number of aryl methyl sites for hydroxylation is 1. The van der Waals surface area contributed by atoms with Crippen LogP contribution in [0.5, 0.6) is 0 Å². The Balaban J connectivity index is 2.10. The Morgan fingerprint density at radius 2 is 2.18 bits per heavy atom. The van der Waals surface area contributed by atoms with E-state index < -0.39 is 10.0 Å². The van der Waals surface area contributed by atoms with Gasteiger partial charge in [0, 0.05) is 24.2 Å². The van der Waals surface area contributed by atoms with Crippen LogP contribution in [-0.4, -0.2) is 36.8 Å². The first kappa shape index (κ1) is 15.4. The van der Waals surface area contributed by atoms with Gasteiger partial charge in [-0.1, -0.05) is 12.1 Å². The predicted molar refractivity (Wildman–Crippen MR) is 87.0 cm³/mol. The van der Waals surface area contributed by atoms with Crippen molar-refractivity contribution in [3.05, 3.63) is 36.0 Å². The molecule has 1 aromatic carbocycles. The maximum Gasteiger partial charge on any atom is 0.245 e. The summed E-state index contributed by atoms with van der Waals surface area (Å²) in [5.41, 5.74) is 7.27. The Morgan fingerprint density at radius 1 is 1.41 bits per heavy atom. The zero-order valence-electron chi connectivity index (χ0n) is 12.9. The van der Waals surface area contributed by atoms with Crippen LogP contribution in [0.15, 0.2) is 35.4 Å². The molecule has 2 unspecified atom stereocenters. The van der Waals surface area contributed by atoms with E-state index in [0.29, 0.717) is 18.6 Å². The van der Waals surface area contributed by atoms with Crippen molar-refractivity contribution >= 4 is 20.9 Å². The molecule has 0 aliphatic carbocycles. The molecule has 0 amide bonds. The summed E-state index contributed by atoms with van der Waals surface area (Å²) < 4.78 is 27.7. The van der Waals surface area contributed by atoms with Gasteiger partial charge in [0.25, 0.3) is 0 Å². The topological polar surface area (TPSA) is 76.3 Å². The van der Waals surface area contributed by atoms with Crippen LogP contribution in [0.3, 0.4) is 0 Å². The molecule has 0 saturated carbocycles. The fourth-order valence-electron chi connectivity index (χ4n) is 3.19. The molecule has 3 rings (SSSR count). The lowest BCUT2D eigenvalue weighted by atomic mass is 10.1. The number of sulfonamides is 1. The average molecular weight is 319 g/mol. The van der Waals surface area contributed by atoms with Crippen molar-refractivity contribution in [1.82, 2.24) is 9.29 Å². The number of nitrogens with two attached hydrogens (primary N) is 1. The monoisotopic (exact) mass is 319 g/mol. The van der Waals surface area contributed by atoms with Crippen LogP contribution in [0.2, 0.25) is 0 Å². The molecular formula is C16H21N3O2S. The van der Waals surface area contributed by atoms with Crippen molar-refractivity contribution in [3.8, 4) is 0 Å². The molecule has 1 aliphatic heterocycles. The van der Waals surface area contributed by atoms with Gasteiger partial charge >= 0.3 is 0 Å². The fourth-order valence-corrected chi connectivity index (χ4v) is 5.08. The zero-order chi connectivity index (χ0) is 15.9. The molecule has 2 heterocycles. The first-order valence-corrected chi connectivity index (χ1v) is 8.94. The first-order valence-electron chi connectivity index (χ1n) is 7.50. The smallest absolute Gasteiger partial charge is 0.245 e. The Hall–Kier alpha value is -1.50. The van der Waals surface area contributed by atoms with Crippen LogP contribution in [-0.2, 0) is 10.0 Å². The summed E-state index contributed by atoms with van der Waals surface area (Å²) in [6, 6.07) is 7.24. The maximum absolute atomic E-state index is 13.1. The third-order valence-electron chi connectivity index (χ3n) is 4.33. The minimum Gasteiger partial charge on any atom is -0.330 e. The van der Waals surface area contributed by atoms with E-state index in [4.69, 9.17) is 5.73 Å². The lowest BCUT2D eigenvalue weighted by Gasteiger charge is -2.21. The Kier molecular flexibility index (Phi) is 3.92. The third kappa shape index (κ3) is 2.51. The van der Waals surface area contributed by atoms with E-state index in [1.165, 1.54) is 0 Å². The van der Waals surface area contributed by atoms with Crippen molar-refractivity contribution in [2.24, 2.45) is 11.7 Å².